The van der Waals surface area contributed by atoms with Gasteiger partial charge in [0.1, 0.15) is 0 Å². The predicted molar refractivity (Wildman–Crippen MR) is 326 cm³/mol. The highest BCUT2D eigenvalue weighted by atomic mass is 16.6. The molecule has 81 heavy (non-hydrogen) atoms. The minimum atomic E-state index is -0.211. The summed E-state index contributed by atoms with van der Waals surface area (Å²) in [5, 5.41) is 0. The lowest BCUT2D eigenvalue weighted by atomic mass is 10.2. The molecule has 0 N–H and O–H groups in total. The average molecular weight is 1180 g/mol. The van der Waals surface area contributed by atoms with Crippen LogP contribution in [0.4, 0.5) is 0 Å². The molecule has 0 fully saturated rings. The minimum absolute atomic E-state index is 0.211. The average Bonchev–Trinajstić information content (AvgIpc) is 3.34. The zero-order chi connectivity index (χ0) is 66.5. The predicted octanol–water partition coefficient (Wildman–Crippen LogP) is 14.6. The van der Waals surface area contributed by atoms with E-state index >= 15 is 0 Å². The number of hydrogen-bond donors (Lipinski definition) is 0. The van der Waals surface area contributed by atoms with Crippen LogP contribution < -0.4 is 0 Å². The Morgan fingerprint density at radius 2 is 0.235 bits per heavy atom. The summed E-state index contributed by atoms with van der Waals surface area (Å²) in [5.41, 5.74) is 0. The number of carbonyl (C=O) groups excluding carboxylic acids is 10. The van der Waals surface area contributed by atoms with Crippen LogP contribution in [-0.4, -0.2) is 126 Å². The topological polar surface area (TPSA) is 263 Å². The van der Waals surface area contributed by atoms with E-state index in [9.17, 15) is 47.9 Å². The lowest BCUT2D eigenvalue weighted by Gasteiger charge is -1.90. The van der Waals surface area contributed by atoms with Crippen molar-refractivity contribution < 1.29 is 95.3 Å². The Kier molecular flexibility index (Phi) is 151. The Morgan fingerprint density at radius 1 is 0.160 bits per heavy atom. The van der Waals surface area contributed by atoms with Gasteiger partial charge in [0.25, 0.3) is 0 Å². The summed E-state index contributed by atoms with van der Waals surface area (Å²) in [6.07, 6.45) is 21.0. The summed E-state index contributed by atoms with van der Waals surface area (Å²) in [5.74, 6) is -2.11. The maximum Gasteiger partial charge on any atom is 0.302 e. The van der Waals surface area contributed by atoms with Crippen LogP contribution in [0.2, 0.25) is 0 Å². The maximum atomic E-state index is 9.82. The number of esters is 10. The minimum Gasteiger partial charge on any atom is -0.466 e. The van der Waals surface area contributed by atoms with Gasteiger partial charge < -0.3 is 47.4 Å². The molecule has 0 aliphatic rings. The van der Waals surface area contributed by atoms with Gasteiger partial charge in [-0.1, -0.05) is 138 Å². The number of ether oxygens (including phenoxy) is 10. The van der Waals surface area contributed by atoms with E-state index in [2.05, 4.69) is 88.9 Å². The van der Waals surface area contributed by atoms with Crippen molar-refractivity contribution in [2.24, 2.45) is 0 Å². The summed E-state index contributed by atoms with van der Waals surface area (Å²) in [6, 6.07) is 0. The van der Waals surface area contributed by atoms with Gasteiger partial charge in [0.2, 0.25) is 0 Å². The second kappa shape index (κ2) is 114. The third-order valence-electron chi connectivity index (χ3n) is 7.10. The van der Waals surface area contributed by atoms with Crippen LogP contribution in [0.15, 0.2) is 0 Å². The van der Waals surface area contributed by atoms with E-state index in [-0.39, 0.29) is 59.7 Å². The second-order valence-corrected chi connectivity index (χ2v) is 15.4. The summed E-state index contributed by atoms with van der Waals surface area (Å²) in [6.45, 7) is 50.0. The van der Waals surface area contributed by atoms with Crippen molar-refractivity contribution in [3.8, 4) is 0 Å². The molecule has 0 heterocycles. The van der Waals surface area contributed by atoms with Crippen molar-refractivity contribution in [3.63, 3.8) is 0 Å². The third-order valence-corrected chi connectivity index (χ3v) is 7.10. The highest BCUT2D eigenvalue weighted by molar-refractivity contribution is 5.68. The van der Waals surface area contributed by atoms with Gasteiger partial charge in [0.15, 0.2) is 0 Å². The van der Waals surface area contributed by atoms with Crippen LogP contribution in [0.5, 0.6) is 0 Å². The van der Waals surface area contributed by atoms with Crippen molar-refractivity contribution in [2.45, 2.75) is 276 Å². The van der Waals surface area contributed by atoms with Gasteiger partial charge in [-0.2, -0.15) is 0 Å². The molecular weight excluding hydrogens is 1050 g/mol. The molecule has 20 nitrogen and oxygen atoms in total. The van der Waals surface area contributed by atoms with E-state index in [0.29, 0.717) is 66.1 Å². The van der Waals surface area contributed by atoms with Crippen molar-refractivity contribution in [1.29, 1.82) is 0 Å². The molecule has 0 amide bonds. The van der Waals surface area contributed by atoms with Crippen LogP contribution >= 0.6 is 0 Å². The summed E-state index contributed by atoms with van der Waals surface area (Å²) in [4.78, 5) is 98.2. The number of hydrogen-bond acceptors (Lipinski definition) is 20. The van der Waals surface area contributed by atoms with Gasteiger partial charge in [-0.25, -0.2) is 0 Å². The van der Waals surface area contributed by atoms with Crippen LogP contribution in [-0.2, 0) is 95.3 Å². The molecule has 492 valence electrons. The van der Waals surface area contributed by atoms with E-state index in [1.807, 2.05) is 0 Å². The Morgan fingerprint density at radius 3 is 0.259 bits per heavy atom. The van der Waals surface area contributed by atoms with Crippen molar-refractivity contribution in [3.05, 3.63) is 0 Å². The molecule has 20 heteroatoms. The smallest absolute Gasteiger partial charge is 0.302 e. The number of rotatable bonds is 22. The normalized spacial score (nSPS) is 8.12. The monoisotopic (exact) mass is 1180 g/mol. The fourth-order valence-corrected chi connectivity index (χ4v) is 4.06. The van der Waals surface area contributed by atoms with Crippen LogP contribution in [0.3, 0.4) is 0 Å². The molecule has 0 aromatic carbocycles. The largest absolute Gasteiger partial charge is 0.466 e. The molecule has 0 aliphatic carbocycles. The molecular formula is C61H128O20. The molecule has 0 bridgehead atoms. The fourth-order valence-electron chi connectivity index (χ4n) is 4.06. The van der Waals surface area contributed by atoms with Crippen molar-refractivity contribution in [2.75, 3.05) is 66.1 Å². The number of carbonyl (C=O) groups is 10. The van der Waals surface area contributed by atoms with Crippen molar-refractivity contribution >= 4 is 59.7 Å². The van der Waals surface area contributed by atoms with E-state index in [4.69, 9.17) is 0 Å². The Bertz CT molecular complexity index is 972. The quantitative estimate of drug-likeness (QED) is 0.0554. The fraction of sp³-hybridized carbons (Fsp3) is 0.836. The molecule has 0 aromatic heterocycles. The first kappa shape index (κ1) is 107. The zero-order valence-corrected chi connectivity index (χ0v) is 56.8. The molecule has 0 unspecified atom stereocenters. The molecule has 0 radical (unpaired) electrons. The Labute approximate surface area is 495 Å². The third kappa shape index (κ3) is 293. The molecule has 0 saturated carbocycles. The van der Waals surface area contributed by atoms with Gasteiger partial charge in [-0.3, -0.25) is 47.9 Å². The van der Waals surface area contributed by atoms with Gasteiger partial charge in [0.05, 0.1) is 66.1 Å². The van der Waals surface area contributed by atoms with Gasteiger partial charge in [0, 0.05) is 69.2 Å². The van der Waals surface area contributed by atoms with Crippen LogP contribution in [0.25, 0.3) is 0 Å². The first-order valence-electron chi connectivity index (χ1n) is 29.3. The SMILES string of the molecule is CCCCCCC.CCCCCCC.CCCCCCC.CCOC(C)=O.CCOC(C)=O.CCOC(C)=O.CCOC(C)=O.CCOC(C)=O.CCOC(C)=O.CCOC(C)=O.CCOC(C)=O.CCOC(C)=O.CCOC(C)=O. The van der Waals surface area contributed by atoms with E-state index < -0.39 is 0 Å². The maximum absolute atomic E-state index is 9.82. The van der Waals surface area contributed by atoms with Gasteiger partial charge in [-0.15, -0.1) is 0 Å². The second-order valence-electron chi connectivity index (χ2n) is 15.4. The highest BCUT2D eigenvalue weighted by Crippen LogP contribution is 2.01. The van der Waals surface area contributed by atoms with Crippen LogP contribution in [0.1, 0.15) is 276 Å². The Hall–Kier alpha value is -5.30. The van der Waals surface area contributed by atoms with Crippen molar-refractivity contribution in [1.82, 2.24) is 0 Å². The molecule has 0 spiro atoms. The Balaban J connectivity index is -0.0000000562. The molecule has 0 aliphatic heterocycles. The summed E-state index contributed by atoms with van der Waals surface area (Å²) in [7, 11) is 0. The summed E-state index contributed by atoms with van der Waals surface area (Å²) >= 11 is 0. The summed E-state index contributed by atoms with van der Waals surface area (Å²) < 4.78 is 44.0. The highest BCUT2D eigenvalue weighted by Gasteiger charge is 1.87. The van der Waals surface area contributed by atoms with Gasteiger partial charge >= 0.3 is 59.7 Å². The lowest BCUT2D eigenvalue weighted by Crippen LogP contribution is -1.95. The standard InChI is InChI=1S/3C7H16.10C4H8O2/c3*1-3-5-7-6-4-2;10*1-3-6-4(2)5/h3*3-7H2,1-2H3;10*3H2,1-2H3. The van der Waals surface area contributed by atoms with E-state index in [1.165, 1.54) is 166 Å². The first-order valence-corrected chi connectivity index (χ1v) is 29.3. The van der Waals surface area contributed by atoms with Crippen LogP contribution in [0, 0.1) is 0 Å². The zero-order valence-electron chi connectivity index (χ0n) is 56.8. The lowest BCUT2D eigenvalue weighted by molar-refractivity contribution is -0.141. The van der Waals surface area contributed by atoms with E-state index in [0.717, 1.165) is 0 Å². The molecule has 0 rings (SSSR count). The number of unbranched alkanes of at least 4 members (excludes halogenated alkanes) is 12. The van der Waals surface area contributed by atoms with E-state index in [1.54, 1.807) is 69.2 Å². The molecule has 0 atom stereocenters. The molecule has 0 saturated heterocycles. The first-order chi connectivity index (χ1) is 37.9. The van der Waals surface area contributed by atoms with Gasteiger partial charge in [-0.05, 0) is 69.2 Å². The molecule has 0 aromatic rings.